The van der Waals surface area contributed by atoms with Crippen LogP contribution in [0.15, 0.2) is 29.3 Å². The van der Waals surface area contributed by atoms with E-state index < -0.39 is 0 Å². The van der Waals surface area contributed by atoms with E-state index in [1.807, 2.05) is 19.2 Å². The van der Waals surface area contributed by atoms with Crippen molar-refractivity contribution in [3.05, 3.63) is 35.6 Å². The number of halogens is 1. The molecular weight excluding hydrogens is 305 g/mol. The molecule has 1 aromatic carbocycles. The molecule has 2 aliphatic carbocycles. The van der Waals surface area contributed by atoms with Crippen molar-refractivity contribution >= 4 is 5.96 Å². The van der Waals surface area contributed by atoms with Crippen LogP contribution in [0, 0.1) is 11.7 Å². The third-order valence-electron chi connectivity index (χ3n) is 5.08. The Bertz CT molecular complexity index is 582. The normalized spacial score (nSPS) is 19.2. The van der Waals surface area contributed by atoms with E-state index >= 15 is 0 Å². The topological polar surface area (TPSA) is 36.9 Å². The van der Waals surface area contributed by atoms with E-state index in [0.29, 0.717) is 13.2 Å². The Balaban J connectivity index is 1.47. The fourth-order valence-electron chi connectivity index (χ4n) is 3.06. The highest BCUT2D eigenvalue weighted by Crippen LogP contribution is 2.48. The molecule has 0 unspecified atom stereocenters. The number of benzene rings is 1. The van der Waals surface area contributed by atoms with Crippen LogP contribution in [0.5, 0.6) is 0 Å². The summed E-state index contributed by atoms with van der Waals surface area (Å²) in [4.78, 5) is 6.42. The molecule has 0 saturated heterocycles. The molecule has 0 aromatic heterocycles. The largest absolute Gasteiger partial charge is 0.379 e. The number of likely N-dealkylation sites (N-methyl/N-ethyl adjacent to an activating group) is 1. The first kappa shape index (κ1) is 17.2. The van der Waals surface area contributed by atoms with Crippen LogP contribution >= 0.6 is 0 Å². The van der Waals surface area contributed by atoms with Crippen LogP contribution in [-0.2, 0) is 10.2 Å². The van der Waals surface area contributed by atoms with Crippen molar-refractivity contribution in [2.45, 2.75) is 31.1 Å². The molecule has 5 heteroatoms. The molecule has 0 bridgehead atoms. The molecule has 1 aromatic rings. The summed E-state index contributed by atoms with van der Waals surface area (Å²) in [6, 6.07) is 7.11. The molecular formula is C19H28FN3O. The quantitative estimate of drug-likeness (QED) is 0.451. The van der Waals surface area contributed by atoms with Gasteiger partial charge in [-0.2, -0.15) is 0 Å². The van der Waals surface area contributed by atoms with Gasteiger partial charge in [-0.25, -0.2) is 4.39 Å². The van der Waals surface area contributed by atoms with Crippen molar-refractivity contribution in [3.63, 3.8) is 0 Å². The first-order valence-electron chi connectivity index (χ1n) is 8.89. The van der Waals surface area contributed by atoms with Crippen LogP contribution in [0.4, 0.5) is 4.39 Å². The Morgan fingerprint density at radius 1 is 1.38 bits per heavy atom. The van der Waals surface area contributed by atoms with E-state index in [-0.39, 0.29) is 11.2 Å². The molecule has 2 aliphatic rings. The lowest BCUT2D eigenvalue weighted by atomic mass is 9.95. The smallest absolute Gasteiger partial charge is 0.193 e. The van der Waals surface area contributed by atoms with Gasteiger partial charge in [-0.3, -0.25) is 4.99 Å². The van der Waals surface area contributed by atoms with Crippen LogP contribution in [0.25, 0.3) is 0 Å². The van der Waals surface area contributed by atoms with Gasteiger partial charge in [0, 0.05) is 39.2 Å². The van der Waals surface area contributed by atoms with E-state index in [0.717, 1.165) is 43.4 Å². The zero-order valence-electron chi connectivity index (χ0n) is 14.7. The van der Waals surface area contributed by atoms with Gasteiger partial charge in [-0.1, -0.05) is 18.2 Å². The van der Waals surface area contributed by atoms with Crippen molar-refractivity contribution in [3.8, 4) is 0 Å². The van der Waals surface area contributed by atoms with Crippen molar-refractivity contribution < 1.29 is 9.13 Å². The van der Waals surface area contributed by atoms with Gasteiger partial charge >= 0.3 is 0 Å². The third-order valence-corrected chi connectivity index (χ3v) is 5.08. The van der Waals surface area contributed by atoms with Crippen molar-refractivity contribution in [1.29, 1.82) is 0 Å². The molecule has 2 fully saturated rings. The third kappa shape index (κ3) is 4.26. The predicted molar refractivity (Wildman–Crippen MR) is 94.8 cm³/mol. The summed E-state index contributed by atoms with van der Waals surface area (Å²) in [6.07, 6.45) is 4.67. The molecule has 0 spiro atoms. The zero-order chi connectivity index (χ0) is 17.0. The van der Waals surface area contributed by atoms with Crippen LogP contribution < -0.4 is 5.32 Å². The minimum atomic E-state index is -0.103. The molecule has 2 saturated carbocycles. The summed E-state index contributed by atoms with van der Waals surface area (Å²) in [5, 5.41) is 3.41. The zero-order valence-corrected chi connectivity index (χ0v) is 14.7. The Morgan fingerprint density at radius 3 is 2.75 bits per heavy atom. The SMILES string of the molecule is CN=C(NCC1(c2ccccc2F)CC1)N(C)CCOCC1CC1. The highest BCUT2D eigenvalue weighted by Gasteiger charge is 2.45. The van der Waals surface area contributed by atoms with Crippen LogP contribution in [0.1, 0.15) is 31.2 Å². The standard InChI is InChI=1S/C19H28FN3O/c1-21-18(23(2)11-12-24-13-15-7-8-15)22-14-19(9-10-19)16-5-3-4-6-17(16)20/h3-6,15H,7-14H2,1-2H3,(H,21,22). The van der Waals surface area contributed by atoms with Gasteiger partial charge in [-0.15, -0.1) is 0 Å². The molecule has 0 aliphatic heterocycles. The lowest BCUT2D eigenvalue weighted by Gasteiger charge is -2.25. The molecule has 132 valence electrons. The van der Waals surface area contributed by atoms with Crippen molar-refractivity contribution in [1.82, 2.24) is 10.2 Å². The van der Waals surface area contributed by atoms with Gasteiger partial charge in [0.1, 0.15) is 5.82 Å². The van der Waals surface area contributed by atoms with Crippen molar-refractivity contribution in [2.24, 2.45) is 10.9 Å². The van der Waals surface area contributed by atoms with Gasteiger partial charge < -0.3 is 15.0 Å². The molecule has 24 heavy (non-hydrogen) atoms. The van der Waals surface area contributed by atoms with Crippen LogP contribution in [0.3, 0.4) is 0 Å². The number of hydrogen-bond acceptors (Lipinski definition) is 2. The Morgan fingerprint density at radius 2 is 2.12 bits per heavy atom. The van der Waals surface area contributed by atoms with Crippen molar-refractivity contribution in [2.75, 3.05) is 40.4 Å². The molecule has 0 amide bonds. The summed E-state index contributed by atoms with van der Waals surface area (Å²) < 4.78 is 19.8. The maximum absolute atomic E-state index is 14.1. The van der Waals surface area contributed by atoms with Gasteiger partial charge in [-0.05, 0) is 43.2 Å². The summed E-state index contributed by atoms with van der Waals surface area (Å²) in [5.74, 6) is 1.53. The lowest BCUT2D eigenvalue weighted by Crippen LogP contribution is -2.43. The number of nitrogens with zero attached hydrogens (tertiary/aromatic N) is 2. The summed E-state index contributed by atoms with van der Waals surface area (Å²) in [5.41, 5.74) is 0.744. The second-order valence-electron chi connectivity index (χ2n) is 7.10. The predicted octanol–water partition coefficient (Wildman–Crippen LogP) is 2.79. The second kappa shape index (κ2) is 7.51. The van der Waals surface area contributed by atoms with Gasteiger partial charge in [0.2, 0.25) is 0 Å². The molecule has 3 rings (SSSR count). The number of ether oxygens (including phenoxy) is 1. The van der Waals surface area contributed by atoms with Crippen LogP contribution in [-0.4, -0.2) is 51.3 Å². The van der Waals surface area contributed by atoms with E-state index in [2.05, 4.69) is 15.2 Å². The Kier molecular flexibility index (Phi) is 5.39. The van der Waals surface area contributed by atoms with Gasteiger partial charge in [0.15, 0.2) is 5.96 Å². The van der Waals surface area contributed by atoms with E-state index in [4.69, 9.17) is 4.74 Å². The summed E-state index contributed by atoms with van der Waals surface area (Å²) >= 11 is 0. The fourth-order valence-corrected chi connectivity index (χ4v) is 3.06. The average Bonchev–Trinajstić information content (AvgIpc) is 3.48. The van der Waals surface area contributed by atoms with E-state index in [1.165, 1.54) is 12.8 Å². The molecule has 1 N–H and O–H groups in total. The van der Waals surface area contributed by atoms with Crippen LogP contribution in [0.2, 0.25) is 0 Å². The Labute approximate surface area is 144 Å². The lowest BCUT2D eigenvalue weighted by molar-refractivity contribution is 0.115. The van der Waals surface area contributed by atoms with Gasteiger partial charge in [0.25, 0.3) is 0 Å². The fraction of sp³-hybridized carbons (Fsp3) is 0.632. The molecule has 4 nitrogen and oxygen atoms in total. The highest BCUT2D eigenvalue weighted by molar-refractivity contribution is 5.79. The number of aliphatic imine (C=N–C) groups is 1. The first-order valence-corrected chi connectivity index (χ1v) is 8.89. The molecule has 0 atom stereocenters. The minimum absolute atomic E-state index is 0.0788. The highest BCUT2D eigenvalue weighted by atomic mass is 19.1. The van der Waals surface area contributed by atoms with Gasteiger partial charge in [0.05, 0.1) is 6.61 Å². The number of hydrogen-bond donors (Lipinski definition) is 1. The number of rotatable bonds is 8. The molecule has 0 radical (unpaired) electrons. The van der Waals surface area contributed by atoms with E-state index in [1.54, 1.807) is 19.2 Å². The second-order valence-corrected chi connectivity index (χ2v) is 7.10. The first-order chi connectivity index (χ1) is 11.6. The average molecular weight is 333 g/mol. The number of guanidine groups is 1. The maximum atomic E-state index is 14.1. The summed E-state index contributed by atoms with van der Waals surface area (Å²) in [7, 11) is 3.80. The minimum Gasteiger partial charge on any atom is -0.379 e. The molecule has 0 heterocycles. The van der Waals surface area contributed by atoms with E-state index in [9.17, 15) is 4.39 Å². The monoisotopic (exact) mass is 333 g/mol. The summed E-state index contributed by atoms with van der Waals surface area (Å²) in [6.45, 7) is 3.12. The number of nitrogens with one attached hydrogen (secondary N) is 1. The Hall–Kier alpha value is -1.62. The maximum Gasteiger partial charge on any atom is 0.193 e.